The molecule has 0 heterocycles. The van der Waals surface area contributed by atoms with E-state index in [0.717, 1.165) is 19.3 Å². The minimum absolute atomic E-state index is 0.0701. The Morgan fingerprint density at radius 2 is 2.14 bits per heavy atom. The van der Waals surface area contributed by atoms with Crippen LogP contribution >= 0.6 is 11.8 Å². The molecule has 0 aromatic heterocycles. The molecular formula is C14H18N2O4S. The van der Waals surface area contributed by atoms with Crippen molar-refractivity contribution in [3.05, 3.63) is 33.9 Å². The lowest BCUT2D eigenvalue weighted by atomic mass is 9.92. The Balaban J connectivity index is 2.15. The minimum Gasteiger partial charge on any atom is -0.391 e. The molecular weight excluding hydrogens is 292 g/mol. The van der Waals surface area contributed by atoms with Gasteiger partial charge in [0.25, 0.3) is 11.6 Å². The van der Waals surface area contributed by atoms with E-state index in [2.05, 4.69) is 5.32 Å². The third-order valence-electron chi connectivity index (χ3n) is 3.68. The van der Waals surface area contributed by atoms with Crippen molar-refractivity contribution in [1.82, 2.24) is 5.32 Å². The summed E-state index contributed by atoms with van der Waals surface area (Å²) in [5.41, 5.74) is 0.177. The summed E-state index contributed by atoms with van der Waals surface area (Å²) in [6, 6.07) is 4.17. The molecule has 7 heteroatoms. The Kier molecular flexibility index (Phi) is 5.19. The molecule has 6 nitrogen and oxygen atoms in total. The van der Waals surface area contributed by atoms with E-state index < -0.39 is 11.0 Å². The lowest BCUT2D eigenvalue weighted by molar-refractivity contribution is -0.387. The van der Waals surface area contributed by atoms with E-state index in [0.29, 0.717) is 11.3 Å². The lowest BCUT2D eigenvalue weighted by Gasteiger charge is -2.28. The van der Waals surface area contributed by atoms with Gasteiger partial charge in [-0.25, -0.2) is 0 Å². The zero-order valence-electron chi connectivity index (χ0n) is 11.7. The Bertz CT molecular complexity index is 550. The van der Waals surface area contributed by atoms with Crippen molar-refractivity contribution in [2.75, 3.05) is 6.26 Å². The fraction of sp³-hybridized carbons (Fsp3) is 0.500. The van der Waals surface area contributed by atoms with Crippen LogP contribution < -0.4 is 5.32 Å². The lowest BCUT2D eigenvalue weighted by Crippen LogP contribution is -2.45. The second-order valence-corrected chi connectivity index (χ2v) is 5.92. The van der Waals surface area contributed by atoms with Gasteiger partial charge in [0.2, 0.25) is 0 Å². The van der Waals surface area contributed by atoms with Gasteiger partial charge in [-0.15, -0.1) is 11.8 Å². The highest BCUT2D eigenvalue weighted by atomic mass is 32.2. The van der Waals surface area contributed by atoms with Crippen LogP contribution in [-0.4, -0.2) is 34.3 Å². The number of rotatable bonds is 4. The average molecular weight is 310 g/mol. The monoisotopic (exact) mass is 310 g/mol. The first-order valence-electron chi connectivity index (χ1n) is 6.84. The van der Waals surface area contributed by atoms with Gasteiger partial charge in [0, 0.05) is 11.6 Å². The molecule has 1 amide bonds. The molecule has 2 N–H and O–H groups in total. The maximum absolute atomic E-state index is 12.2. The van der Waals surface area contributed by atoms with E-state index in [1.165, 1.54) is 17.8 Å². The second-order valence-electron chi connectivity index (χ2n) is 5.08. The van der Waals surface area contributed by atoms with Crippen molar-refractivity contribution in [3.8, 4) is 0 Å². The van der Waals surface area contributed by atoms with Gasteiger partial charge in [0.15, 0.2) is 0 Å². The highest BCUT2D eigenvalue weighted by Gasteiger charge is 2.25. The van der Waals surface area contributed by atoms with Gasteiger partial charge in [-0.05, 0) is 31.2 Å². The molecule has 0 bridgehead atoms. The highest BCUT2D eigenvalue weighted by Crippen LogP contribution is 2.28. The first-order valence-corrected chi connectivity index (χ1v) is 8.06. The maximum Gasteiger partial charge on any atom is 0.283 e. The van der Waals surface area contributed by atoms with E-state index in [1.807, 2.05) is 0 Å². The van der Waals surface area contributed by atoms with Gasteiger partial charge in [-0.3, -0.25) is 14.9 Å². The van der Waals surface area contributed by atoms with Crippen molar-refractivity contribution in [2.24, 2.45) is 0 Å². The number of nitrogens with one attached hydrogen (secondary N) is 1. The first-order chi connectivity index (χ1) is 10.0. The van der Waals surface area contributed by atoms with E-state index >= 15 is 0 Å². The topological polar surface area (TPSA) is 92.5 Å². The van der Waals surface area contributed by atoms with Crippen LogP contribution in [0.15, 0.2) is 23.1 Å². The molecule has 0 aliphatic heterocycles. The molecule has 1 aliphatic rings. The van der Waals surface area contributed by atoms with Crippen molar-refractivity contribution in [2.45, 2.75) is 42.7 Å². The Morgan fingerprint density at radius 3 is 2.76 bits per heavy atom. The van der Waals surface area contributed by atoms with Crippen molar-refractivity contribution in [3.63, 3.8) is 0 Å². The molecule has 1 saturated carbocycles. The third kappa shape index (κ3) is 3.74. The van der Waals surface area contributed by atoms with Crippen LogP contribution in [0.1, 0.15) is 36.0 Å². The number of aliphatic hydroxyl groups excluding tert-OH is 1. The Morgan fingerprint density at radius 1 is 1.43 bits per heavy atom. The summed E-state index contributed by atoms with van der Waals surface area (Å²) in [4.78, 5) is 23.2. The number of nitrogens with zero attached hydrogens (tertiary/aromatic N) is 1. The Hall–Kier alpha value is -1.60. The summed E-state index contributed by atoms with van der Waals surface area (Å²) in [6.07, 6.45) is 4.55. The van der Waals surface area contributed by atoms with E-state index in [9.17, 15) is 20.0 Å². The number of amides is 1. The van der Waals surface area contributed by atoms with Crippen LogP contribution in [0.5, 0.6) is 0 Å². The van der Waals surface area contributed by atoms with Gasteiger partial charge in [-0.1, -0.05) is 12.8 Å². The smallest absolute Gasteiger partial charge is 0.283 e. The van der Waals surface area contributed by atoms with Crippen LogP contribution in [-0.2, 0) is 0 Å². The molecule has 1 aromatic carbocycles. The highest BCUT2D eigenvalue weighted by molar-refractivity contribution is 7.98. The molecule has 0 saturated heterocycles. The van der Waals surface area contributed by atoms with E-state index in [-0.39, 0.29) is 23.2 Å². The summed E-state index contributed by atoms with van der Waals surface area (Å²) in [7, 11) is 0. The summed E-state index contributed by atoms with van der Waals surface area (Å²) in [5, 5.41) is 23.7. The van der Waals surface area contributed by atoms with Crippen LogP contribution in [0.3, 0.4) is 0 Å². The summed E-state index contributed by atoms with van der Waals surface area (Å²) < 4.78 is 0. The van der Waals surface area contributed by atoms with Gasteiger partial charge in [-0.2, -0.15) is 0 Å². The fourth-order valence-electron chi connectivity index (χ4n) is 2.51. The number of hydrogen-bond acceptors (Lipinski definition) is 5. The largest absolute Gasteiger partial charge is 0.391 e. The van der Waals surface area contributed by atoms with Crippen LogP contribution in [0.25, 0.3) is 0 Å². The number of aliphatic hydroxyl groups is 1. The van der Waals surface area contributed by atoms with Crippen molar-refractivity contribution < 1.29 is 14.8 Å². The molecule has 2 atom stereocenters. The predicted molar refractivity (Wildman–Crippen MR) is 80.6 cm³/mol. The summed E-state index contributed by atoms with van der Waals surface area (Å²) in [5.74, 6) is -0.378. The Labute approximate surface area is 127 Å². The molecule has 2 rings (SSSR count). The fourth-order valence-corrected chi connectivity index (χ4v) is 3.05. The molecule has 1 aliphatic carbocycles. The number of benzene rings is 1. The number of hydrogen-bond donors (Lipinski definition) is 2. The predicted octanol–water partition coefficient (Wildman–Crippen LogP) is 2.35. The zero-order chi connectivity index (χ0) is 15.4. The van der Waals surface area contributed by atoms with Crippen LogP contribution in [0, 0.1) is 10.1 Å². The van der Waals surface area contributed by atoms with Crippen molar-refractivity contribution in [1.29, 1.82) is 0 Å². The number of nitro groups is 1. The second kappa shape index (κ2) is 6.91. The SMILES string of the molecule is CSc1ccc(C(=O)NC2CCCCC2O)cc1[N+](=O)[O-]. The quantitative estimate of drug-likeness (QED) is 0.506. The van der Waals surface area contributed by atoms with Gasteiger partial charge in [0.05, 0.1) is 22.0 Å². The summed E-state index contributed by atoms with van der Waals surface area (Å²) >= 11 is 1.27. The number of thioether (sulfide) groups is 1. The molecule has 1 fully saturated rings. The summed E-state index contributed by atoms with van der Waals surface area (Å²) in [6.45, 7) is 0. The number of nitro benzene ring substituents is 1. The maximum atomic E-state index is 12.2. The van der Waals surface area contributed by atoms with Crippen LogP contribution in [0.4, 0.5) is 5.69 Å². The molecule has 0 spiro atoms. The number of carbonyl (C=O) groups excluding carboxylic acids is 1. The minimum atomic E-state index is -0.539. The van der Waals surface area contributed by atoms with Crippen molar-refractivity contribution >= 4 is 23.4 Å². The number of carbonyl (C=O) groups is 1. The zero-order valence-corrected chi connectivity index (χ0v) is 12.6. The van der Waals surface area contributed by atoms with Crippen LogP contribution in [0.2, 0.25) is 0 Å². The molecule has 1 aromatic rings. The van der Waals surface area contributed by atoms with Gasteiger partial charge < -0.3 is 10.4 Å². The molecule has 0 radical (unpaired) electrons. The van der Waals surface area contributed by atoms with E-state index in [4.69, 9.17) is 0 Å². The molecule has 21 heavy (non-hydrogen) atoms. The average Bonchev–Trinajstić information content (AvgIpc) is 2.48. The normalized spacial score (nSPS) is 21.8. The third-order valence-corrected chi connectivity index (χ3v) is 4.47. The van der Waals surface area contributed by atoms with E-state index in [1.54, 1.807) is 18.4 Å². The van der Waals surface area contributed by atoms with Gasteiger partial charge in [0.1, 0.15) is 0 Å². The first kappa shape index (κ1) is 15.8. The molecule has 2 unspecified atom stereocenters. The van der Waals surface area contributed by atoms with Gasteiger partial charge >= 0.3 is 0 Å². The standard InChI is InChI=1S/C14H18N2O4S/c1-21-13-7-6-9(8-11(13)16(19)20)14(18)15-10-4-2-3-5-12(10)17/h6-8,10,12,17H,2-5H2,1H3,(H,15,18). The molecule has 114 valence electrons.